The van der Waals surface area contributed by atoms with Gasteiger partial charge in [0, 0.05) is 0 Å². The quantitative estimate of drug-likeness (QED) is 0.404. The summed E-state index contributed by atoms with van der Waals surface area (Å²) in [6, 6.07) is 0. The van der Waals surface area contributed by atoms with Crippen LogP contribution in [0.2, 0.25) is 0 Å². The van der Waals surface area contributed by atoms with Crippen LogP contribution in [0.3, 0.4) is 0 Å². The second kappa shape index (κ2) is 8.96. The Morgan fingerprint density at radius 3 is 2.06 bits per heavy atom. The van der Waals surface area contributed by atoms with E-state index in [0.29, 0.717) is 0 Å². The van der Waals surface area contributed by atoms with Crippen molar-refractivity contribution in [1.29, 1.82) is 0 Å². The molecule has 0 nitrogen and oxygen atoms in total. The maximum Gasteiger partial charge on any atom is -0.00802 e. The molecule has 0 aliphatic carbocycles. The van der Waals surface area contributed by atoms with Gasteiger partial charge in [0.2, 0.25) is 0 Å². The van der Waals surface area contributed by atoms with Crippen LogP contribution in [-0.4, -0.2) is 0 Å². The minimum absolute atomic E-state index is 0.178. The van der Waals surface area contributed by atoms with Gasteiger partial charge in [0.25, 0.3) is 0 Å². The molecule has 1 unspecified atom stereocenters. The van der Waals surface area contributed by atoms with Crippen LogP contribution in [0.25, 0.3) is 0 Å². The first-order chi connectivity index (χ1) is 7.68. The molecule has 0 radical (unpaired) electrons. The molecule has 0 aliphatic heterocycles. The fraction of sp³-hybridized carbons (Fsp3) is 0.375. The van der Waals surface area contributed by atoms with Gasteiger partial charge in [-0.05, 0) is 32.1 Å². The second-order valence-corrected chi connectivity index (χ2v) is 4.17. The second-order valence-electron chi connectivity index (χ2n) is 4.17. The van der Waals surface area contributed by atoms with E-state index in [9.17, 15) is 0 Å². The SMILES string of the molecule is C=CC(C)(C/C=C\C)C/C=C/C=C\C=C/C. The maximum absolute atomic E-state index is 3.92. The van der Waals surface area contributed by atoms with Gasteiger partial charge in [-0.1, -0.05) is 61.6 Å². The highest BCUT2D eigenvalue weighted by molar-refractivity contribution is 5.12. The molecule has 0 heterocycles. The van der Waals surface area contributed by atoms with Gasteiger partial charge in [-0.3, -0.25) is 0 Å². The summed E-state index contributed by atoms with van der Waals surface area (Å²) in [4.78, 5) is 0. The first-order valence-corrected chi connectivity index (χ1v) is 5.88. The van der Waals surface area contributed by atoms with Crippen molar-refractivity contribution >= 4 is 0 Å². The lowest BCUT2D eigenvalue weighted by atomic mass is 9.83. The molecule has 0 heteroatoms. The summed E-state index contributed by atoms with van der Waals surface area (Å²) in [5, 5.41) is 0. The molecular weight excluding hydrogens is 192 g/mol. The largest absolute Gasteiger partial charge is 0.103 e. The molecule has 0 rings (SSSR count). The van der Waals surface area contributed by atoms with Gasteiger partial charge in [0.1, 0.15) is 0 Å². The van der Waals surface area contributed by atoms with Crippen LogP contribution in [0.5, 0.6) is 0 Å². The first kappa shape index (κ1) is 14.7. The molecule has 0 bridgehead atoms. The molecule has 0 saturated heterocycles. The molecule has 0 aromatic carbocycles. The van der Waals surface area contributed by atoms with Crippen molar-refractivity contribution < 1.29 is 0 Å². The lowest BCUT2D eigenvalue weighted by molar-refractivity contribution is 0.441. The third kappa shape index (κ3) is 7.05. The highest BCUT2D eigenvalue weighted by Gasteiger charge is 2.15. The summed E-state index contributed by atoms with van der Waals surface area (Å²) in [6.45, 7) is 10.2. The zero-order chi connectivity index (χ0) is 12.3. The van der Waals surface area contributed by atoms with Gasteiger partial charge >= 0.3 is 0 Å². The van der Waals surface area contributed by atoms with Gasteiger partial charge in [-0.25, -0.2) is 0 Å². The normalized spacial score (nSPS) is 16.7. The van der Waals surface area contributed by atoms with E-state index < -0.39 is 0 Å². The van der Waals surface area contributed by atoms with E-state index >= 15 is 0 Å². The summed E-state index contributed by atoms with van der Waals surface area (Å²) < 4.78 is 0. The zero-order valence-electron chi connectivity index (χ0n) is 10.8. The van der Waals surface area contributed by atoms with Gasteiger partial charge in [0.15, 0.2) is 0 Å². The summed E-state index contributed by atoms with van der Waals surface area (Å²) in [7, 11) is 0. The molecule has 0 saturated carbocycles. The average molecular weight is 216 g/mol. The van der Waals surface area contributed by atoms with E-state index in [4.69, 9.17) is 0 Å². The van der Waals surface area contributed by atoms with Gasteiger partial charge < -0.3 is 0 Å². The Balaban J connectivity index is 4.17. The highest BCUT2D eigenvalue weighted by Crippen LogP contribution is 2.28. The van der Waals surface area contributed by atoms with Crippen LogP contribution in [0.4, 0.5) is 0 Å². The summed E-state index contributed by atoms with van der Waals surface area (Å²) >= 11 is 0. The summed E-state index contributed by atoms with van der Waals surface area (Å²) in [5.41, 5.74) is 0.178. The topological polar surface area (TPSA) is 0 Å². The van der Waals surface area contributed by atoms with Gasteiger partial charge in [0.05, 0.1) is 0 Å². The molecule has 0 amide bonds. The lowest BCUT2D eigenvalue weighted by Gasteiger charge is -2.21. The van der Waals surface area contributed by atoms with Crippen molar-refractivity contribution in [2.75, 3.05) is 0 Å². The molecule has 0 N–H and O–H groups in total. The van der Waals surface area contributed by atoms with Gasteiger partial charge in [-0.2, -0.15) is 0 Å². The Bertz CT molecular complexity index is 289. The van der Waals surface area contributed by atoms with Crippen molar-refractivity contribution in [2.45, 2.75) is 33.6 Å². The molecular formula is C16H24. The Labute approximate surface area is 101 Å². The van der Waals surface area contributed by atoms with E-state index in [2.05, 4.69) is 50.8 Å². The van der Waals surface area contributed by atoms with Crippen molar-refractivity contribution in [3.8, 4) is 0 Å². The highest BCUT2D eigenvalue weighted by atomic mass is 14.2. The molecule has 0 aromatic rings. The number of hydrogen-bond acceptors (Lipinski definition) is 0. The van der Waals surface area contributed by atoms with Crippen LogP contribution in [0.1, 0.15) is 33.6 Å². The van der Waals surface area contributed by atoms with Crippen LogP contribution < -0.4 is 0 Å². The summed E-state index contributed by atoms with van der Waals surface area (Å²) in [6.07, 6.45) is 20.9. The first-order valence-electron chi connectivity index (χ1n) is 5.88. The molecule has 1 atom stereocenters. The van der Waals surface area contributed by atoms with Crippen molar-refractivity contribution in [3.63, 3.8) is 0 Å². The third-order valence-electron chi connectivity index (χ3n) is 2.56. The van der Waals surface area contributed by atoms with Crippen LogP contribution >= 0.6 is 0 Å². The molecule has 16 heavy (non-hydrogen) atoms. The van der Waals surface area contributed by atoms with E-state index in [-0.39, 0.29) is 5.41 Å². The van der Waals surface area contributed by atoms with E-state index in [1.165, 1.54) is 0 Å². The van der Waals surface area contributed by atoms with Gasteiger partial charge in [-0.15, -0.1) is 6.58 Å². The fourth-order valence-corrected chi connectivity index (χ4v) is 1.29. The predicted octanol–water partition coefficient (Wildman–Crippen LogP) is 5.22. The van der Waals surface area contributed by atoms with Crippen LogP contribution in [-0.2, 0) is 0 Å². The van der Waals surface area contributed by atoms with Crippen LogP contribution in [0.15, 0.2) is 61.3 Å². The Kier molecular flexibility index (Phi) is 8.24. The van der Waals surface area contributed by atoms with E-state index in [1.54, 1.807) is 0 Å². The van der Waals surface area contributed by atoms with E-state index in [1.807, 2.05) is 31.2 Å². The smallest absolute Gasteiger partial charge is 0.00802 e. The molecule has 0 spiro atoms. The zero-order valence-corrected chi connectivity index (χ0v) is 10.8. The molecule has 88 valence electrons. The standard InChI is InChI=1S/C16H24/c1-5-8-10-11-12-13-15-16(4,7-3)14-9-6-2/h5-13H,3,14-15H2,1-2,4H3/b8-5-,9-6-,11-10-,13-12+. The van der Waals surface area contributed by atoms with E-state index in [0.717, 1.165) is 12.8 Å². The van der Waals surface area contributed by atoms with Crippen LogP contribution in [0, 0.1) is 5.41 Å². The van der Waals surface area contributed by atoms with Crippen molar-refractivity contribution in [1.82, 2.24) is 0 Å². The van der Waals surface area contributed by atoms with Crippen molar-refractivity contribution in [2.24, 2.45) is 5.41 Å². The fourth-order valence-electron chi connectivity index (χ4n) is 1.29. The monoisotopic (exact) mass is 216 g/mol. The Morgan fingerprint density at radius 2 is 1.50 bits per heavy atom. The number of hydrogen-bond donors (Lipinski definition) is 0. The lowest BCUT2D eigenvalue weighted by Crippen LogP contribution is -2.09. The Hall–Kier alpha value is -1.30. The molecule has 0 aliphatic rings. The predicted molar refractivity (Wildman–Crippen MR) is 75.4 cm³/mol. The maximum atomic E-state index is 3.92. The minimum atomic E-state index is 0.178. The third-order valence-corrected chi connectivity index (χ3v) is 2.56. The number of rotatable bonds is 7. The molecule has 0 fully saturated rings. The summed E-state index contributed by atoms with van der Waals surface area (Å²) in [5.74, 6) is 0. The number of allylic oxidation sites excluding steroid dienone is 9. The average Bonchev–Trinajstić information content (AvgIpc) is 2.31. The minimum Gasteiger partial charge on any atom is -0.103 e. The Morgan fingerprint density at radius 1 is 0.875 bits per heavy atom. The van der Waals surface area contributed by atoms with Crippen molar-refractivity contribution in [3.05, 3.63) is 61.3 Å². The molecule has 0 aromatic heterocycles.